The van der Waals surface area contributed by atoms with Gasteiger partial charge in [-0.1, -0.05) is 11.2 Å². The molecule has 118 valence electrons. The number of nitrogens with zero attached hydrogens (tertiary/aromatic N) is 3. The second kappa shape index (κ2) is 6.50. The Balaban J connectivity index is 1.57. The lowest BCUT2D eigenvalue weighted by molar-refractivity contribution is -0.0347. The maximum Gasteiger partial charge on any atom is 0.223 e. The van der Waals surface area contributed by atoms with Crippen molar-refractivity contribution in [3.63, 3.8) is 0 Å². The molecule has 7 heteroatoms. The molecule has 0 amide bonds. The van der Waals surface area contributed by atoms with E-state index in [1.54, 1.807) is 13.0 Å². The van der Waals surface area contributed by atoms with Crippen molar-refractivity contribution in [2.24, 2.45) is 0 Å². The summed E-state index contributed by atoms with van der Waals surface area (Å²) in [7, 11) is 0. The Kier molecular flexibility index (Phi) is 4.44. The Labute approximate surface area is 126 Å². The van der Waals surface area contributed by atoms with Gasteiger partial charge in [0, 0.05) is 26.6 Å². The molecular formula is C15H17F2N3O2. The minimum Gasteiger partial charge on any atom is -0.367 e. The van der Waals surface area contributed by atoms with E-state index >= 15 is 0 Å². The van der Waals surface area contributed by atoms with Gasteiger partial charge in [-0.05, 0) is 24.1 Å². The zero-order chi connectivity index (χ0) is 15.5. The van der Waals surface area contributed by atoms with E-state index in [0.717, 1.165) is 24.7 Å². The summed E-state index contributed by atoms with van der Waals surface area (Å²) in [6, 6.07) is 4.02. The minimum absolute atomic E-state index is 0.212. The molecule has 0 spiro atoms. The molecule has 1 aliphatic heterocycles. The van der Waals surface area contributed by atoms with Gasteiger partial charge in [0.2, 0.25) is 11.7 Å². The van der Waals surface area contributed by atoms with Gasteiger partial charge in [-0.25, -0.2) is 8.78 Å². The molecule has 1 aromatic heterocycles. The summed E-state index contributed by atoms with van der Waals surface area (Å²) in [5.41, 5.74) is 0.775. The van der Waals surface area contributed by atoms with Crippen LogP contribution in [0.1, 0.15) is 23.4 Å². The van der Waals surface area contributed by atoms with Crippen LogP contribution < -0.4 is 0 Å². The van der Waals surface area contributed by atoms with Crippen LogP contribution in [-0.4, -0.2) is 41.3 Å². The highest BCUT2D eigenvalue weighted by Crippen LogP contribution is 2.20. The van der Waals surface area contributed by atoms with E-state index in [2.05, 4.69) is 15.0 Å². The molecule has 2 heterocycles. The van der Waals surface area contributed by atoms with Gasteiger partial charge < -0.3 is 9.26 Å². The van der Waals surface area contributed by atoms with Crippen LogP contribution in [0.2, 0.25) is 0 Å². The minimum atomic E-state index is -0.817. The quantitative estimate of drug-likeness (QED) is 0.867. The lowest BCUT2D eigenvalue weighted by Gasteiger charge is -2.31. The Morgan fingerprint density at radius 1 is 1.32 bits per heavy atom. The molecule has 0 saturated carbocycles. The van der Waals surface area contributed by atoms with Crippen LogP contribution in [0.5, 0.6) is 0 Å². The van der Waals surface area contributed by atoms with Gasteiger partial charge in [0.25, 0.3) is 0 Å². The molecule has 0 N–H and O–H groups in total. The van der Waals surface area contributed by atoms with Crippen molar-refractivity contribution < 1.29 is 18.0 Å². The third-order valence-electron chi connectivity index (χ3n) is 3.68. The highest BCUT2D eigenvalue weighted by atomic mass is 19.2. The van der Waals surface area contributed by atoms with Crippen LogP contribution in [-0.2, 0) is 11.2 Å². The van der Waals surface area contributed by atoms with E-state index in [4.69, 9.17) is 9.26 Å². The first kappa shape index (κ1) is 15.1. The summed E-state index contributed by atoms with van der Waals surface area (Å²) in [4.78, 5) is 6.38. The van der Waals surface area contributed by atoms with Crippen LogP contribution in [0.3, 0.4) is 0 Å². The second-order valence-electron chi connectivity index (χ2n) is 5.33. The normalized spacial score (nSPS) is 19.5. The van der Waals surface area contributed by atoms with Crippen LogP contribution in [0, 0.1) is 18.6 Å². The molecule has 0 aliphatic carbocycles. The van der Waals surface area contributed by atoms with E-state index in [1.807, 2.05) is 0 Å². The van der Waals surface area contributed by atoms with Crippen LogP contribution in [0.15, 0.2) is 22.7 Å². The van der Waals surface area contributed by atoms with E-state index in [1.165, 1.54) is 6.07 Å². The van der Waals surface area contributed by atoms with Gasteiger partial charge in [0.15, 0.2) is 11.6 Å². The first-order valence-corrected chi connectivity index (χ1v) is 7.20. The predicted octanol–water partition coefficient (Wildman–Crippen LogP) is 2.27. The van der Waals surface area contributed by atoms with Gasteiger partial charge in [-0.2, -0.15) is 4.98 Å². The molecule has 2 aromatic rings. The SMILES string of the molecule is Cc1nc([C@@H]2CN(CCc3ccc(F)c(F)c3)CCO2)no1. The number of rotatable bonds is 4. The monoisotopic (exact) mass is 309 g/mol. The number of aromatic nitrogens is 2. The molecule has 1 aromatic carbocycles. The molecule has 1 saturated heterocycles. The average molecular weight is 309 g/mol. The van der Waals surface area contributed by atoms with Gasteiger partial charge >= 0.3 is 0 Å². The Morgan fingerprint density at radius 3 is 2.91 bits per heavy atom. The Hall–Kier alpha value is -1.86. The van der Waals surface area contributed by atoms with Gasteiger partial charge in [-0.15, -0.1) is 0 Å². The van der Waals surface area contributed by atoms with Gasteiger partial charge in [0.1, 0.15) is 6.10 Å². The predicted molar refractivity (Wildman–Crippen MR) is 74.2 cm³/mol. The summed E-state index contributed by atoms with van der Waals surface area (Å²) in [6.45, 7) is 4.50. The largest absolute Gasteiger partial charge is 0.367 e. The Bertz CT molecular complexity index is 647. The molecule has 3 rings (SSSR count). The third kappa shape index (κ3) is 3.48. The summed E-state index contributed by atoms with van der Waals surface area (Å²) >= 11 is 0. The van der Waals surface area contributed by atoms with E-state index in [9.17, 15) is 8.78 Å². The van der Waals surface area contributed by atoms with Crippen LogP contribution in [0.4, 0.5) is 8.78 Å². The lowest BCUT2D eigenvalue weighted by Crippen LogP contribution is -2.39. The fourth-order valence-corrected chi connectivity index (χ4v) is 2.49. The number of morpholine rings is 1. The van der Waals surface area contributed by atoms with Crippen molar-refractivity contribution in [1.82, 2.24) is 15.0 Å². The smallest absolute Gasteiger partial charge is 0.223 e. The Morgan fingerprint density at radius 2 is 2.18 bits per heavy atom. The van der Waals surface area contributed by atoms with Gasteiger partial charge in [-0.3, -0.25) is 4.90 Å². The van der Waals surface area contributed by atoms with E-state index < -0.39 is 11.6 Å². The highest BCUT2D eigenvalue weighted by Gasteiger charge is 2.25. The first-order valence-electron chi connectivity index (χ1n) is 7.20. The number of ether oxygens (including phenoxy) is 1. The summed E-state index contributed by atoms with van der Waals surface area (Å²) in [5, 5.41) is 3.88. The molecule has 1 atom stereocenters. The first-order chi connectivity index (χ1) is 10.6. The molecule has 1 aliphatic rings. The maximum atomic E-state index is 13.2. The van der Waals surface area contributed by atoms with Crippen molar-refractivity contribution in [2.75, 3.05) is 26.2 Å². The molecule has 0 radical (unpaired) electrons. The van der Waals surface area contributed by atoms with E-state index in [-0.39, 0.29) is 6.10 Å². The summed E-state index contributed by atoms with van der Waals surface area (Å²) in [6.07, 6.45) is 0.436. The fraction of sp³-hybridized carbons (Fsp3) is 0.467. The number of halogens is 2. The van der Waals surface area contributed by atoms with Crippen LogP contribution >= 0.6 is 0 Å². The molecular weight excluding hydrogens is 292 g/mol. The maximum absolute atomic E-state index is 13.2. The topological polar surface area (TPSA) is 51.4 Å². The molecule has 22 heavy (non-hydrogen) atoms. The molecule has 0 bridgehead atoms. The third-order valence-corrected chi connectivity index (χ3v) is 3.68. The van der Waals surface area contributed by atoms with Gasteiger partial charge in [0.05, 0.1) is 6.61 Å². The zero-order valence-electron chi connectivity index (χ0n) is 12.3. The number of hydrogen-bond acceptors (Lipinski definition) is 5. The molecule has 0 unspecified atom stereocenters. The van der Waals surface area contributed by atoms with E-state index in [0.29, 0.717) is 31.3 Å². The lowest BCUT2D eigenvalue weighted by atomic mass is 10.1. The standard InChI is InChI=1S/C15H17F2N3O2/c1-10-18-15(19-22-10)14-9-20(6-7-21-14)5-4-11-2-3-12(16)13(17)8-11/h2-3,8,14H,4-7,9H2,1H3/t14-/m0/s1. The van der Waals surface area contributed by atoms with Crippen LogP contribution in [0.25, 0.3) is 0 Å². The average Bonchev–Trinajstić information content (AvgIpc) is 2.95. The number of hydrogen-bond donors (Lipinski definition) is 0. The zero-order valence-corrected chi connectivity index (χ0v) is 12.3. The highest BCUT2D eigenvalue weighted by molar-refractivity contribution is 5.18. The molecule has 1 fully saturated rings. The van der Waals surface area contributed by atoms with Crippen molar-refractivity contribution >= 4 is 0 Å². The number of benzene rings is 1. The summed E-state index contributed by atoms with van der Waals surface area (Å²) < 4.78 is 36.7. The second-order valence-corrected chi connectivity index (χ2v) is 5.33. The van der Waals surface area contributed by atoms with Crippen molar-refractivity contribution in [3.8, 4) is 0 Å². The van der Waals surface area contributed by atoms with Crippen molar-refractivity contribution in [2.45, 2.75) is 19.4 Å². The van der Waals surface area contributed by atoms with Crippen molar-refractivity contribution in [1.29, 1.82) is 0 Å². The fourth-order valence-electron chi connectivity index (χ4n) is 2.49. The summed E-state index contributed by atoms with van der Waals surface area (Å²) in [5.74, 6) is -0.560. The van der Waals surface area contributed by atoms with Crippen molar-refractivity contribution in [3.05, 3.63) is 47.1 Å². The number of aryl methyl sites for hydroxylation is 1. The molecule has 5 nitrogen and oxygen atoms in total.